The molecule has 4 nitrogen and oxygen atoms in total. The molecule has 0 saturated carbocycles. The van der Waals surface area contributed by atoms with E-state index >= 15 is 0 Å². The van der Waals surface area contributed by atoms with Gasteiger partial charge in [-0.05, 0) is 5.92 Å². The van der Waals surface area contributed by atoms with E-state index in [0.29, 0.717) is 31.8 Å². The fourth-order valence-electron chi connectivity index (χ4n) is 1.71. The summed E-state index contributed by atoms with van der Waals surface area (Å²) in [4.78, 5) is 0. The van der Waals surface area contributed by atoms with Gasteiger partial charge in [0.15, 0.2) is 0 Å². The molecule has 0 amide bonds. The van der Waals surface area contributed by atoms with Crippen LogP contribution in [0, 0.1) is 5.92 Å². The lowest BCUT2D eigenvalue weighted by Gasteiger charge is -2.11. The number of ether oxygens (including phenoxy) is 1. The van der Waals surface area contributed by atoms with Gasteiger partial charge in [0.25, 0.3) is 6.43 Å². The predicted octanol–water partition coefficient (Wildman–Crippen LogP) is 2.21. The van der Waals surface area contributed by atoms with Crippen LogP contribution >= 0.6 is 0 Å². The molecule has 0 spiro atoms. The summed E-state index contributed by atoms with van der Waals surface area (Å²) in [7, 11) is 1.60. The molecule has 0 atom stereocenters. The second-order valence-corrected chi connectivity index (χ2v) is 4.60. The molecule has 0 aromatic carbocycles. The molecule has 0 bridgehead atoms. The van der Waals surface area contributed by atoms with Gasteiger partial charge in [0, 0.05) is 32.3 Å². The zero-order valence-corrected chi connectivity index (χ0v) is 11.1. The summed E-state index contributed by atoms with van der Waals surface area (Å²) in [5.74, 6) is 0.289. The molecule has 1 rings (SSSR count). The Morgan fingerprint density at radius 1 is 1.44 bits per heavy atom. The predicted molar refractivity (Wildman–Crippen MR) is 65.6 cm³/mol. The van der Waals surface area contributed by atoms with Gasteiger partial charge in [-0.1, -0.05) is 13.8 Å². The number of nitrogens with zero attached hydrogens (tertiary/aromatic N) is 2. The molecular formula is C12H21F2N3O. The van der Waals surface area contributed by atoms with E-state index in [1.807, 2.05) is 13.8 Å². The van der Waals surface area contributed by atoms with Gasteiger partial charge < -0.3 is 10.1 Å². The first-order chi connectivity index (χ1) is 8.56. The number of alkyl halides is 2. The van der Waals surface area contributed by atoms with Gasteiger partial charge in [0.1, 0.15) is 5.69 Å². The topological polar surface area (TPSA) is 39.1 Å². The Morgan fingerprint density at radius 2 is 2.17 bits per heavy atom. The average Bonchev–Trinajstić information content (AvgIpc) is 2.66. The first-order valence-corrected chi connectivity index (χ1v) is 6.08. The van der Waals surface area contributed by atoms with Crippen LogP contribution in [0.25, 0.3) is 0 Å². The maximum atomic E-state index is 13.0. The Bertz CT molecular complexity index is 353. The van der Waals surface area contributed by atoms with Crippen LogP contribution in [0.1, 0.15) is 31.5 Å². The van der Waals surface area contributed by atoms with Crippen LogP contribution < -0.4 is 5.32 Å². The Kier molecular flexibility index (Phi) is 6.21. The number of rotatable bonds is 8. The zero-order valence-electron chi connectivity index (χ0n) is 11.1. The highest BCUT2D eigenvalue weighted by atomic mass is 19.3. The van der Waals surface area contributed by atoms with E-state index in [4.69, 9.17) is 4.74 Å². The minimum atomic E-state index is -2.49. The summed E-state index contributed by atoms with van der Waals surface area (Å²) < 4.78 is 32.4. The quantitative estimate of drug-likeness (QED) is 0.729. The molecule has 1 heterocycles. The lowest BCUT2D eigenvalue weighted by Crippen LogP contribution is -2.19. The van der Waals surface area contributed by atoms with E-state index in [1.54, 1.807) is 7.11 Å². The Hall–Kier alpha value is -1.01. The van der Waals surface area contributed by atoms with Crippen molar-refractivity contribution >= 4 is 0 Å². The summed E-state index contributed by atoms with van der Waals surface area (Å²) in [6, 6.07) is 0. The van der Waals surface area contributed by atoms with E-state index in [9.17, 15) is 8.78 Å². The van der Waals surface area contributed by atoms with Crippen LogP contribution in [-0.2, 0) is 17.8 Å². The van der Waals surface area contributed by atoms with Crippen LogP contribution in [0.2, 0.25) is 0 Å². The molecule has 0 aliphatic heterocycles. The van der Waals surface area contributed by atoms with Crippen molar-refractivity contribution in [3.63, 3.8) is 0 Å². The third kappa shape index (κ3) is 4.34. The van der Waals surface area contributed by atoms with Gasteiger partial charge in [-0.25, -0.2) is 8.78 Å². The van der Waals surface area contributed by atoms with E-state index in [0.717, 1.165) is 0 Å². The molecule has 0 unspecified atom stereocenters. The second kappa shape index (κ2) is 7.43. The third-order valence-corrected chi connectivity index (χ3v) is 2.50. The highest BCUT2D eigenvalue weighted by Crippen LogP contribution is 2.23. The lowest BCUT2D eigenvalue weighted by atomic mass is 10.2. The molecule has 0 aliphatic rings. The molecule has 0 aliphatic carbocycles. The van der Waals surface area contributed by atoms with Gasteiger partial charge >= 0.3 is 0 Å². The lowest BCUT2D eigenvalue weighted by molar-refractivity contribution is 0.136. The van der Waals surface area contributed by atoms with Crippen LogP contribution in [0.15, 0.2) is 6.20 Å². The van der Waals surface area contributed by atoms with Crippen molar-refractivity contribution in [1.82, 2.24) is 15.1 Å². The standard InChI is InChI=1S/C12H21F2N3O/c1-9(2)8-17-11(12(13)14)10(7-16-17)6-15-4-5-18-3/h7,9,12,15H,4-6,8H2,1-3H3. The minimum Gasteiger partial charge on any atom is -0.383 e. The number of aromatic nitrogens is 2. The summed E-state index contributed by atoms with van der Waals surface area (Å²) in [6.45, 7) is 6.05. The molecular weight excluding hydrogens is 240 g/mol. The first-order valence-electron chi connectivity index (χ1n) is 6.08. The molecule has 0 fully saturated rings. The molecule has 0 radical (unpaired) electrons. The molecule has 1 N–H and O–H groups in total. The van der Waals surface area contributed by atoms with Crippen LogP contribution in [-0.4, -0.2) is 30.0 Å². The molecule has 6 heteroatoms. The molecule has 0 saturated heterocycles. The van der Waals surface area contributed by atoms with Gasteiger partial charge in [-0.2, -0.15) is 5.10 Å². The Morgan fingerprint density at radius 3 is 2.72 bits per heavy atom. The third-order valence-electron chi connectivity index (χ3n) is 2.50. The van der Waals surface area contributed by atoms with E-state index in [-0.39, 0.29) is 11.6 Å². The SMILES string of the molecule is COCCNCc1cnn(CC(C)C)c1C(F)F. The number of hydrogen-bond acceptors (Lipinski definition) is 3. The summed E-state index contributed by atoms with van der Waals surface area (Å²) in [6.07, 6.45) is -0.977. The monoisotopic (exact) mass is 261 g/mol. The van der Waals surface area contributed by atoms with Crippen LogP contribution in [0.4, 0.5) is 8.78 Å². The van der Waals surface area contributed by atoms with Crippen molar-refractivity contribution in [2.24, 2.45) is 5.92 Å². The largest absolute Gasteiger partial charge is 0.383 e. The highest BCUT2D eigenvalue weighted by molar-refractivity contribution is 5.19. The number of hydrogen-bond donors (Lipinski definition) is 1. The normalized spacial score (nSPS) is 11.7. The molecule has 104 valence electrons. The zero-order chi connectivity index (χ0) is 13.5. The summed E-state index contributed by atoms with van der Waals surface area (Å²) >= 11 is 0. The van der Waals surface area contributed by atoms with Crippen LogP contribution in [0.3, 0.4) is 0 Å². The van der Waals surface area contributed by atoms with Gasteiger partial charge in [0.2, 0.25) is 0 Å². The molecule has 1 aromatic rings. The fourth-order valence-corrected chi connectivity index (χ4v) is 1.71. The van der Waals surface area contributed by atoms with E-state index in [1.165, 1.54) is 10.9 Å². The number of methoxy groups -OCH3 is 1. The van der Waals surface area contributed by atoms with Crippen molar-refractivity contribution < 1.29 is 13.5 Å². The first kappa shape index (κ1) is 15.0. The van der Waals surface area contributed by atoms with Crippen molar-refractivity contribution in [2.45, 2.75) is 33.4 Å². The summed E-state index contributed by atoms with van der Waals surface area (Å²) in [5, 5.41) is 7.09. The summed E-state index contributed by atoms with van der Waals surface area (Å²) in [5.41, 5.74) is 0.579. The smallest absolute Gasteiger partial charge is 0.280 e. The van der Waals surface area contributed by atoms with Crippen molar-refractivity contribution in [1.29, 1.82) is 0 Å². The van der Waals surface area contributed by atoms with Crippen molar-refractivity contribution in [3.8, 4) is 0 Å². The maximum Gasteiger partial charge on any atom is 0.280 e. The molecule has 18 heavy (non-hydrogen) atoms. The minimum absolute atomic E-state index is 0.0219. The van der Waals surface area contributed by atoms with Gasteiger partial charge in [-0.3, -0.25) is 4.68 Å². The van der Waals surface area contributed by atoms with E-state index < -0.39 is 6.43 Å². The number of nitrogens with one attached hydrogen (secondary N) is 1. The maximum absolute atomic E-state index is 13.0. The number of halogens is 2. The Labute approximate surface area is 106 Å². The van der Waals surface area contributed by atoms with Crippen LogP contribution in [0.5, 0.6) is 0 Å². The highest BCUT2D eigenvalue weighted by Gasteiger charge is 2.19. The van der Waals surface area contributed by atoms with Gasteiger partial charge in [-0.15, -0.1) is 0 Å². The molecule has 1 aromatic heterocycles. The van der Waals surface area contributed by atoms with Gasteiger partial charge in [0.05, 0.1) is 12.8 Å². The van der Waals surface area contributed by atoms with Crippen molar-refractivity contribution in [3.05, 3.63) is 17.5 Å². The second-order valence-electron chi connectivity index (χ2n) is 4.60. The average molecular weight is 261 g/mol. The Balaban J connectivity index is 2.69. The van der Waals surface area contributed by atoms with E-state index in [2.05, 4.69) is 10.4 Å². The van der Waals surface area contributed by atoms with Crippen molar-refractivity contribution in [2.75, 3.05) is 20.3 Å². The fraction of sp³-hybridized carbons (Fsp3) is 0.750.